The Morgan fingerprint density at radius 1 is 1.35 bits per heavy atom. The zero-order chi connectivity index (χ0) is 22.5. The lowest BCUT2D eigenvalue weighted by Crippen LogP contribution is -2.45. The zero-order valence-corrected chi connectivity index (χ0v) is 18.5. The second kappa shape index (κ2) is 9.93. The summed E-state index contributed by atoms with van der Waals surface area (Å²) in [6.45, 7) is 8.27. The van der Waals surface area contributed by atoms with Gasteiger partial charge < -0.3 is 29.9 Å². The third-order valence-corrected chi connectivity index (χ3v) is 5.17. The van der Waals surface area contributed by atoms with Gasteiger partial charge in [-0.3, -0.25) is 4.79 Å². The van der Waals surface area contributed by atoms with Gasteiger partial charge in [0, 0.05) is 49.2 Å². The number of carbonyl (C=O) groups excluding carboxylic acids is 2. The summed E-state index contributed by atoms with van der Waals surface area (Å²) in [6.07, 6.45) is 3.53. The molecule has 0 aliphatic carbocycles. The van der Waals surface area contributed by atoms with Gasteiger partial charge in [0.25, 0.3) is 0 Å². The standard InChI is InChI=1S/C22H31N5O4/c1-14(2)31-22(30)25-20-9-15(3)27(16(4)29)21-6-5-18(10-19(20)21)26-12-17(24-13-26)11-23-7-8-28/h5-6,10,12-15,20,23,28H,7-9,11H2,1-4H3,(H,25,30)/t15-,20+/m0/s1. The summed E-state index contributed by atoms with van der Waals surface area (Å²) in [5, 5.41) is 15.0. The molecule has 3 rings (SSSR count). The summed E-state index contributed by atoms with van der Waals surface area (Å²) in [6, 6.07) is 5.49. The number of aliphatic hydroxyl groups excluding tert-OH is 1. The van der Waals surface area contributed by atoms with Crippen molar-refractivity contribution in [1.82, 2.24) is 20.2 Å². The van der Waals surface area contributed by atoms with Gasteiger partial charge >= 0.3 is 6.09 Å². The van der Waals surface area contributed by atoms with E-state index in [0.717, 1.165) is 22.6 Å². The molecule has 0 unspecified atom stereocenters. The molecule has 0 radical (unpaired) electrons. The Morgan fingerprint density at radius 2 is 2.13 bits per heavy atom. The Labute approximate surface area is 182 Å². The van der Waals surface area contributed by atoms with Crippen molar-refractivity contribution < 1.29 is 19.4 Å². The van der Waals surface area contributed by atoms with Crippen molar-refractivity contribution >= 4 is 17.7 Å². The Hall–Kier alpha value is -2.91. The molecule has 0 saturated carbocycles. The van der Waals surface area contributed by atoms with Crippen molar-refractivity contribution in [2.24, 2.45) is 0 Å². The van der Waals surface area contributed by atoms with Crippen molar-refractivity contribution in [2.45, 2.75) is 58.8 Å². The average Bonchev–Trinajstić information content (AvgIpc) is 3.16. The molecule has 0 saturated heterocycles. The van der Waals surface area contributed by atoms with Gasteiger partial charge in [-0.1, -0.05) is 0 Å². The molecule has 2 aromatic rings. The Kier molecular flexibility index (Phi) is 7.29. The summed E-state index contributed by atoms with van der Waals surface area (Å²) in [5.74, 6) is -0.0374. The summed E-state index contributed by atoms with van der Waals surface area (Å²) in [4.78, 5) is 30.8. The third kappa shape index (κ3) is 5.42. The van der Waals surface area contributed by atoms with E-state index in [9.17, 15) is 9.59 Å². The van der Waals surface area contributed by atoms with Crippen LogP contribution in [0.15, 0.2) is 30.7 Å². The largest absolute Gasteiger partial charge is 0.447 e. The number of carbonyl (C=O) groups is 2. The van der Waals surface area contributed by atoms with E-state index in [4.69, 9.17) is 9.84 Å². The lowest BCUT2D eigenvalue weighted by atomic mass is 9.91. The van der Waals surface area contributed by atoms with Crippen LogP contribution in [-0.2, 0) is 16.1 Å². The zero-order valence-electron chi connectivity index (χ0n) is 18.5. The van der Waals surface area contributed by atoms with E-state index in [2.05, 4.69) is 15.6 Å². The van der Waals surface area contributed by atoms with E-state index in [-0.39, 0.29) is 30.7 Å². The van der Waals surface area contributed by atoms with E-state index >= 15 is 0 Å². The fourth-order valence-corrected chi connectivity index (χ4v) is 3.91. The maximum atomic E-state index is 12.3. The molecular formula is C22H31N5O4. The molecule has 2 atom stereocenters. The second-order valence-corrected chi connectivity index (χ2v) is 8.04. The quantitative estimate of drug-likeness (QED) is 0.583. The fourth-order valence-electron chi connectivity index (χ4n) is 3.91. The molecule has 1 aromatic heterocycles. The van der Waals surface area contributed by atoms with Gasteiger partial charge in [-0.25, -0.2) is 9.78 Å². The number of imidazole rings is 1. The van der Waals surface area contributed by atoms with E-state index in [1.54, 1.807) is 32.0 Å². The number of anilines is 1. The number of rotatable bonds is 7. The van der Waals surface area contributed by atoms with Crippen LogP contribution in [0.1, 0.15) is 51.4 Å². The first-order valence-corrected chi connectivity index (χ1v) is 10.6. The van der Waals surface area contributed by atoms with Crippen LogP contribution in [-0.4, -0.2) is 52.0 Å². The van der Waals surface area contributed by atoms with Crippen LogP contribution in [0.25, 0.3) is 5.69 Å². The van der Waals surface area contributed by atoms with E-state index in [1.807, 2.05) is 35.9 Å². The maximum absolute atomic E-state index is 12.3. The molecule has 0 spiro atoms. The molecule has 0 fully saturated rings. The van der Waals surface area contributed by atoms with Gasteiger partial charge in [0.2, 0.25) is 5.91 Å². The predicted octanol–water partition coefficient (Wildman–Crippen LogP) is 2.28. The van der Waals surface area contributed by atoms with Crippen molar-refractivity contribution in [2.75, 3.05) is 18.1 Å². The molecule has 168 valence electrons. The molecule has 3 N–H and O–H groups in total. The molecule has 0 bridgehead atoms. The number of aliphatic hydroxyl groups is 1. The van der Waals surface area contributed by atoms with Crippen molar-refractivity contribution in [3.63, 3.8) is 0 Å². The second-order valence-electron chi connectivity index (χ2n) is 8.04. The van der Waals surface area contributed by atoms with Crippen LogP contribution in [0.3, 0.4) is 0 Å². The topological polar surface area (TPSA) is 109 Å². The summed E-state index contributed by atoms with van der Waals surface area (Å²) >= 11 is 0. The monoisotopic (exact) mass is 429 g/mol. The summed E-state index contributed by atoms with van der Waals surface area (Å²) in [5.41, 5.74) is 3.37. The minimum Gasteiger partial charge on any atom is -0.447 e. The molecule has 9 nitrogen and oxygen atoms in total. The molecule has 2 heterocycles. The number of hydrogen-bond donors (Lipinski definition) is 3. The fraction of sp³-hybridized carbons (Fsp3) is 0.500. The molecule has 1 aliphatic heterocycles. The highest BCUT2D eigenvalue weighted by Gasteiger charge is 2.33. The summed E-state index contributed by atoms with van der Waals surface area (Å²) in [7, 11) is 0. The number of ether oxygens (including phenoxy) is 1. The highest BCUT2D eigenvalue weighted by molar-refractivity contribution is 5.94. The van der Waals surface area contributed by atoms with Crippen LogP contribution in [0, 0.1) is 0 Å². The number of nitrogens with one attached hydrogen (secondary N) is 2. The predicted molar refractivity (Wildman–Crippen MR) is 117 cm³/mol. The lowest BCUT2D eigenvalue weighted by molar-refractivity contribution is -0.117. The Morgan fingerprint density at radius 3 is 2.81 bits per heavy atom. The number of benzene rings is 1. The van der Waals surface area contributed by atoms with Crippen LogP contribution in [0.4, 0.5) is 10.5 Å². The molecule has 1 aromatic carbocycles. The Balaban J connectivity index is 1.91. The summed E-state index contributed by atoms with van der Waals surface area (Å²) < 4.78 is 7.17. The number of hydrogen-bond acceptors (Lipinski definition) is 6. The number of fused-ring (bicyclic) bond motifs is 1. The average molecular weight is 430 g/mol. The number of nitrogens with zero attached hydrogens (tertiary/aromatic N) is 3. The molecule has 9 heteroatoms. The van der Waals surface area contributed by atoms with Crippen molar-refractivity contribution in [3.05, 3.63) is 42.0 Å². The van der Waals surface area contributed by atoms with E-state index in [0.29, 0.717) is 19.5 Å². The van der Waals surface area contributed by atoms with Gasteiger partial charge in [0.05, 0.1) is 30.8 Å². The maximum Gasteiger partial charge on any atom is 0.407 e. The highest BCUT2D eigenvalue weighted by Crippen LogP contribution is 2.38. The van der Waals surface area contributed by atoms with Crippen LogP contribution >= 0.6 is 0 Å². The Bertz CT molecular complexity index is 926. The van der Waals surface area contributed by atoms with Crippen molar-refractivity contribution in [1.29, 1.82) is 0 Å². The normalized spacial score (nSPS) is 18.1. The van der Waals surface area contributed by atoms with Crippen LogP contribution < -0.4 is 15.5 Å². The first-order valence-electron chi connectivity index (χ1n) is 10.6. The molecule has 2 amide bonds. The lowest BCUT2D eigenvalue weighted by Gasteiger charge is -2.39. The SMILES string of the molecule is CC(=O)N1c2ccc(-n3cnc(CNCCO)c3)cc2[C@H](NC(=O)OC(C)C)C[C@@H]1C. The minimum absolute atomic E-state index is 0.0374. The van der Waals surface area contributed by atoms with E-state index in [1.165, 1.54) is 0 Å². The smallest absolute Gasteiger partial charge is 0.407 e. The van der Waals surface area contributed by atoms with Gasteiger partial charge in [-0.2, -0.15) is 0 Å². The van der Waals surface area contributed by atoms with Crippen molar-refractivity contribution in [3.8, 4) is 5.69 Å². The first kappa shape index (κ1) is 22.8. The number of alkyl carbamates (subject to hydrolysis) is 1. The number of amides is 2. The van der Waals surface area contributed by atoms with Crippen LogP contribution in [0.5, 0.6) is 0 Å². The van der Waals surface area contributed by atoms with Gasteiger partial charge in [0.15, 0.2) is 0 Å². The molecular weight excluding hydrogens is 398 g/mol. The van der Waals surface area contributed by atoms with Gasteiger partial charge in [0.1, 0.15) is 0 Å². The van der Waals surface area contributed by atoms with Crippen LogP contribution in [0.2, 0.25) is 0 Å². The third-order valence-electron chi connectivity index (χ3n) is 5.17. The van der Waals surface area contributed by atoms with E-state index < -0.39 is 6.09 Å². The minimum atomic E-state index is -0.472. The number of aromatic nitrogens is 2. The molecule has 31 heavy (non-hydrogen) atoms. The molecule has 1 aliphatic rings. The first-order chi connectivity index (χ1) is 14.8. The van der Waals surface area contributed by atoms with Gasteiger partial charge in [-0.15, -0.1) is 0 Å². The highest BCUT2D eigenvalue weighted by atomic mass is 16.6. The van der Waals surface area contributed by atoms with Gasteiger partial charge in [-0.05, 0) is 45.4 Å².